The Morgan fingerprint density at radius 1 is 1.03 bits per heavy atom. The van der Waals surface area contributed by atoms with Crippen LogP contribution in [0.4, 0.5) is 0 Å². The van der Waals surface area contributed by atoms with Crippen LogP contribution in [0.1, 0.15) is 67.7 Å². The molecule has 154 valence electrons. The van der Waals surface area contributed by atoms with Crippen molar-refractivity contribution in [3.8, 4) is 0 Å². The van der Waals surface area contributed by atoms with Gasteiger partial charge in [-0.25, -0.2) is 13.1 Å². The molecule has 1 aromatic heterocycles. The summed E-state index contributed by atoms with van der Waals surface area (Å²) >= 11 is 0. The highest BCUT2D eigenvalue weighted by molar-refractivity contribution is 7.90. The Labute approximate surface area is 172 Å². The van der Waals surface area contributed by atoms with Gasteiger partial charge in [0.1, 0.15) is 0 Å². The van der Waals surface area contributed by atoms with Crippen molar-refractivity contribution in [1.29, 1.82) is 0 Å². The van der Waals surface area contributed by atoms with Crippen molar-refractivity contribution in [2.75, 3.05) is 0 Å². The third kappa shape index (κ3) is 4.22. The molecule has 3 rings (SSSR count). The van der Waals surface area contributed by atoms with Gasteiger partial charge in [-0.15, -0.1) is 0 Å². The van der Waals surface area contributed by atoms with Crippen LogP contribution in [0, 0.1) is 6.92 Å². The van der Waals surface area contributed by atoms with E-state index >= 15 is 0 Å². The Morgan fingerprint density at radius 3 is 2.21 bits per heavy atom. The van der Waals surface area contributed by atoms with E-state index in [0.29, 0.717) is 5.56 Å². The van der Waals surface area contributed by atoms with Gasteiger partial charge < -0.3 is 4.98 Å². The number of aryl methyl sites for hydroxylation is 1. The molecule has 1 heterocycles. The van der Waals surface area contributed by atoms with Crippen LogP contribution in [-0.2, 0) is 15.4 Å². The number of aromatic nitrogens is 1. The standard InChI is InChI=1S/C23H28N2O3S/c1-14(2)21-15(3)24-20-12-7-16(13-19(20)21)22(26)25-29(27,28)18-10-8-17(9-11-18)23(4,5)6/h7-14,24H,1-6H3,(H,25,26). The molecule has 0 aliphatic heterocycles. The quantitative estimate of drug-likeness (QED) is 0.632. The molecule has 0 saturated carbocycles. The summed E-state index contributed by atoms with van der Waals surface area (Å²) in [6.07, 6.45) is 0. The van der Waals surface area contributed by atoms with Crippen LogP contribution in [0.25, 0.3) is 10.9 Å². The van der Waals surface area contributed by atoms with E-state index in [4.69, 9.17) is 0 Å². The highest BCUT2D eigenvalue weighted by atomic mass is 32.2. The van der Waals surface area contributed by atoms with Crippen molar-refractivity contribution >= 4 is 26.8 Å². The molecule has 0 radical (unpaired) electrons. The Bertz CT molecular complexity index is 1170. The van der Waals surface area contributed by atoms with Crippen LogP contribution in [-0.4, -0.2) is 19.3 Å². The van der Waals surface area contributed by atoms with Gasteiger partial charge in [-0.1, -0.05) is 46.8 Å². The molecule has 0 spiro atoms. The van der Waals surface area contributed by atoms with E-state index in [-0.39, 0.29) is 16.2 Å². The minimum absolute atomic E-state index is 0.0697. The second-order valence-electron chi connectivity index (χ2n) is 8.79. The second kappa shape index (κ2) is 7.34. The minimum atomic E-state index is -3.95. The predicted octanol–water partition coefficient (Wildman–Crippen LogP) is 5.02. The molecule has 0 aliphatic carbocycles. The van der Waals surface area contributed by atoms with Crippen molar-refractivity contribution in [2.24, 2.45) is 0 Å². The summed E-state index contributed by atoms with van der Waals surface area (Å²) in [6, 6.07) is 11.8. The third-order valence-electron chi connectivity index (χ3n) is 5.13. The highest BCUT2D eigenvalue weighted by Crippen LogP contribution is 2.29. The normalized spacial score (nSPS) is 12.5. The monoisotopic (exact) mass is 412 g/mol. The molecule has 29 heavy (non-hydrogen) atoms. The van der Waals surface area contributed by atoms with Crippen molar-refractivity contribution in [1.82, 2.24) is 9.71 Å². The number of benzene rings is 2. The lowest BCUT2D eigenvalue weighted by molar-refractivity contribution is 0.0981. The number of fused-ring (bicyclic) bond motifs is 1. The smallest absolute Gasteiger partial charge is 0.265 e. The summed E-state index contributed by atoms with van der Waals surface area (Å²) in [5, 5.41) is 0.942. The first kappa shape index (κ1) is 21.1. The number of rotatable bonds is 4. The van der Waals surface area contributed by atoms with Crippen LogP contribution in [0.5, 0.6) is 0 Å². The first-order valence-corrected chi connectivity index (χ1v) is 11.2. The summed E-state index contributed by atoms with van der Waals surface area (Å²) in [5.74, 6) is -0.354. The number of aromatic amines is 1. The summed E-state index contributed by atoms with van der Waals surface area (Å²) in [5.41, 5.74) is 4.38. The highest BCUT2D eigenvalue weighted by Gasteiger charge is 2.21. The van der Waals surface area contributed by atoms with Crippen molar-refractivity contribution < 1.29 is 13.2 Å². The van der Waals surface area contributed by atoms with E-state index in [2.05, 4.69) is 44.3 Å². The number of hydrogen-bond acceptors (Lipinski definition) is 3. The summed E-state index contributed by atoms with van der Waals surface area (Å²) in [7, 11) is -3.95. The van der Waals surface area contributed by atoms with E-state index in [1.165, 1.54) is 12.1 Å². The van der Waals surface area contributed by atoms with Gasteiger partial charge in [0, 0.05) is 22.2 Å². The fourth-order valence-corrected chi connectivity index (χ4v) is 4.58. The average Bonchev–Trinajstić information content (AvgIpc) is 2.95. The van der Waals surface area contributed by atoms with Crippen LogP contribution in [0.3, 0.4) is 0 Å². The largest absolute Gasteiger partial charge is 0.358 e. The fourth-order valence-electron chi connectivity index (χ4n) is 3.61. The van der Waals surface area contributed by atoms with Crippen LogP contribution in [0.2, 0.25) is 0 Å². The zero-order valence-electron chi connectivity index (χ0n) is 17.8. The van der Waals surface area contributed by atoms with Crippen LogP contribution < -0.4 is 4.72 Å². The molecule has 6 heteroatoms. The Kier molecular flexibility index (Phi) is 5.34. The lowest BCUT2D eigenvalue weighted by atomic mass is 9.87. The first-order valence-electron chi connectivity index (χ1n) is 9.70. The summed E-state index contributed by atoms with van der Waals surface area (Å²) < 4.78 is 27.6. The molecule has 0 unspecified atom stereocenters. The average molecular weight is 413 g/mol. The number of amides is 1. The Hall–Kier alpha value is -2.60. The lowest BCUT2D eigenvalue weighted by Gasteiger charge is -2.19. The first-order chi connectivity index (χ1) is 13.4. The summed E-state index contributed by atoms with van der Waals surface area (Å²) in [6.45, 7) is 12.4. The maximum absolute atomic E-state index is 12.7. The molecule has 0 aliphatic rings. The molecule has 5 nitrogen and oxygen atoms in total. The van der Waals surface area contributed by atoms with E-state index in [9.17, 15) is 13.2 Å². The maximum atomic E-state index is 12.7. The van der Waals surface area contributed by atoms with Crippen molar-refractivity contribution in [3.63, 3.8) is 0 Å². The predicted molar refractivity (Wildman–Crippen MR) is 117 cm³/mol. The third-order valence-corrected chi connectivity index (χ3v) is 6.48. The molecule has 1 amide bonds. The SMILES string of the molecule is Cc1[nH]c2ccc(C(=O)NS(=O)(=O)c3ccc(C(C)(C)C)cc3)cc2c1C(C)C. The number of sulfonamides is 1. The van der Waals surface area contributed by atoms with Gasteiger partial charge >= 0.3 is 0 Å². The fraction of sp³-hybridized carbons (Fsp3) is 0.348. The Morgan fingerprint density at radius 2 is 1.66 bits per heavy atom. The number of nitrogens with one attached hydrogen (secondary N) is 2. The van der Waals surface area contributed by atoms with E-state index in [0.717, 1.165) is 27.7 Å². The molecule has 0 saturated heterocycles. The molecule has 2 aromatic carbocycles. The number of hydrogen-bond donors (Lipinski definition) is 2. The zero-order valence-corrected chi connectivity index (χ0v) is 18.6. The van der Waals surface area contributed by atoms with Gasteiger partial charge in [-0.05, 0) is 59.7 Å². The molecule has 0 bridgehead atoms. The van der Waals surface area contributed by atoms with Crippen molar-refractivity contribution in [2.45, 2.75) is 57.8 Å². The Balaban J connectivity index is 1.90. The summed E-state index contributed by atoms with van der Waals surface area (Å²) in [4.78, 5) is 16.1. The van der Waals surface area contributed by atoms with Gasteiger partial charge in [0.05, 0.1) is 4.90 Å². The molecule has 3 aromatic rings. The van der Waals surface area contributed by atoms with Gasteiger partial charge in [0.2, 0.25) is 0 Å². The number of H-pyrrole nitrogens is 1. The van der Waals surface area contributed by atoms with E-state index in [1.54, 1.807) is 24.3 Å². The van der Waals surface area contributed by atoms with Gasteiger partial charge in [-0.2, -0.15) is 0 Å². The van der Waals surface area contributed by atoms with Gasteiger partial charge in [0.25, 0.3) is 15.9 Å². The molecule has 0 fully saturated rings. The molecular weight excluding hydrogens is 384 g/mol. The maximum Gasteiger partial charge on any atom is 0.265 e. The topological polar surface area (TPSA) is 79.0 Å². The van der Waals surface area contributed by atoms with Crippen molar-refractivity contribution in [3.05, 3.63) is 64.8 Å². The van der Waals surface area contributed by atoms with Crippen LogP contribution in [0.15, 0.2) is 47.4 Å². The molecule has 0 atom stereocenters. The number of carbonyl (C=O) groups is 1. The second-order valence-corrected chi connectivity index (χ2v) is 10.5. The lowest BCUT2D eigenvalue weighted by Crippen LogP contribution is -2.30. The molecular formula is C23H28N2O3S. The van der Waals surface area contributed by atoms with Gasteiger partial charge in [-0.3, -0.25) is 4.79 Å². The zero-order chi connectivity index (χ0) is 21.6. The van der Waals surface area contributed by atoms with E-state index in [1.807, 2.05) is 13.0 Å². The van der Waals surface area contributed by atoms with Gasteiger partial charge in [0.15, 0.2) is 0 Å². The number of carbonyl (C=O) groups excluding carboxylic acids is 1. The van der Waals surface area contributed by atoms with E-state index < -0.39 is 15.9 Å². The minimum Gasteiger partial charge on any atom is -0.358 e. The van der Waals surface area contributed by atoms with Crippen LogP contribution >= 0.6 is 0 Å². The molecule has 2 N–H and O–H groups in total.